The number of carbonyl (C=O) groups excluding carboxylic acids is 2. The minimum Gasteiger partial charge on any atom is -0.339 e. The van der Waals surface area contributed by atoms with Gasteiger partial charge in [0.1, 0.15) is 6.54 Å². The van der Waals surface area contributed by atoms with E-state index in [0.717, 1.165) is 7.05 Å². The molecule has 0 radical (unpaired) electrons. The van der Waals surface area contributed by atoms with Gasteiger partial charge in [-0.3, -0.25) is 4.79 Å². The first-order valence-electron chi connectivity index (χ1n) is 7.06. The van der Waals surface area contributed by atoms with E-state index in [4.69, 9.17) is 0 Å². The number of nitrogens with zero attached hydrogens (tertiary/aromatic N) is 2. The number of hydrogen-bond donors (Lipinski definition) is 1. The fraction of sp³-hybridized carbons (Fsp3) is 0.467. The summed E-state index contributed by atoms with van der Waals surface area (Å²) in [6, 6.07) is 5.83. The number of amides is 3. The Labute approximate surface area is 133 Å². The SMILES string of the molecule is CCN(Cc1ccccc1NC(=O)N(C)CC(F)(F)F)C(C)=O. The Bertz CT molecular complexity index is 561. The van der Waals surface area contributed by atoms with Crippen LogP contribution in [0.3, 0.4) is 0 Å². The van der Waals surface area contributed by atoms with Gasteiger partial charge >= 0.3 is 12.2 Å². The number of anilines is 1. The summed E-state index contributed by atoms with van der Waals surface area (Å²) in [5.74, 6) is -0.122. The molecule has 1 aromatic carbocycles. The van der Waals surface area contributed by atoms with Crippen LogP contribution in [0.15, 0.2) is 24.3 Å². The van der Waals surface area contributed by atoms with Crippen LogP contribution in [-0.4, -0.2) is 48.1 Å². The standard InChI is InChI=1S/C15H20F3N3O2/c1-4-21(11(2)22)9-12-7-5-6-8-13(12)19-14(23)20(3)10-15(16,17)18/h5-8H,4,9-10H2,1-3H3,(H,19,23). The molecular weight excluding hydrogens is 311 g/mol. The molecule has 0 unspecified atom stereocenters. The zero-order chi connectivity index (χ0) is 17.6. The molecule has 128 valence electrons. The third-order valence-corrected chi connectivity index (χ3v) is 3.21. The van der Waals surface area contributed by atoms with Gasteiger partial charge in [-0.15, -0.1) is 0 Å². The number of urea groups is 1. The first-order valence-corrected chi connectivity index (χ1v) is 7.06. The van der Waals surface area contributed by atoms with Gasteiger partial charge < -0.3 is 15.1 Å². The normalized spacial score (nSPS) is 11.0. The van der Waals surface area contributed by atoms with Crippen molar-refractivity contribution in [2.75, 3.05) is 25.5 Å². The van der Waals surface area contributed by atoms with Crippen LogP contribution in [0.4, 0.5) is 23.7 Å². The van der Waals surface area contributed by atoms with Gasteiger partial charge in [0, 0.05) is 32.7 Å². The Morgan fingerprint density at radius 1 is 1.22 bits per heavy atom. The van der Waals surface area contributed by atoms with Crippen molar-refractivity contribution in [3.05, 3.63) is 29.8 Å². The summed E-state index contributed by atoms with van der Waals surface area (Å²) >= 11 is 0. The molecule has 0 bridgehead atoms. The van der Waals surface area contributed by atoms with Gasteiger partial charge in [0.15, 0.2) is 0 Å². The van der Waals surface area contributed by atoms with Crippen LogP contribution in [0.2, 0.25) is 0 Å². The second-order valence-corrected chi connectivity index (χ2v) is 5.09. The van der Waals surface area contributed by atoms with Crippen molar-refractivity contribution >= 4 is 17.6 Å². The summed E-state index contributed by atoms with van der Waals surface area (Å²) in [7, 11) is 1.07. The highest BCUT2D eigenvalue weighted by molar-refractivity contribution is 5.90. The molecule has 0 saturated heterocycles. The van der Waals surface area contributed by atoms with E-state index >= 15 is 0 Å². The number of carbonyl (C=O) groups is 2. The monoisotopic (exact) mass is 331 g/mol. The number of halogens is 3. The fourth-order valence-corrected chi connectivity index (χ4v) is 1.98. The van der Waals surface area contributed by atoms with Crippen molar-refractivity contribution in [2.24, 2.45) is 0 Å². The summed E-state index contributed by atoms with van der Waals surface area (Å²) in [5, 5.41) is 2.45. The summed E-state index contributed by atoms with van der Waals surface area (Å²) in [6.45, 7) is 2.67. The number of para-hydroxylation sites is 1. The molecule has 23 heavy (non-hydrogen) atoms. The van der Waals surface area contributed by atoms with E-state index in [9.17, 15) is 22.8 Å². The molecule has 0 aliphatic heterocycles. The number of rotatable bonds is 5. The molecule has 0 saturated carbocycles. The van der Waals surface area contributed by atoms with Crippen molar-refractivity contribution in [3.8, 4) is 0 Å². The van der Waals surface area contributed by atoms with Gasteiger partial charge in [-0.1, -0.05) is 18.2 Å². The summed E-state index contributed by atoms with van der Waals surface area (Å²) in [4.78, 5) is 25.5. The molecule has 1 N–H and O–H groups in total. The van der Waals surface area contributed by atoms with E-state index in [0.29, 0.717) is 22.7 Å². The number of nitrogens with one attached hydrogen (secondary N) is 1. The second-order valence-electron chi connectivity index (χ2n) is 5.09. The Hall–Kier alpha value is -2.25. The second kappa shape index (κ2) is 7.85. The Balaban J connectivity index is 2.85. The summed E-state index contributed by atoms with van der Waals surface area (Å²) in [6.07, 6.45) is -4.46. The zero-order valence-electron chi connectivity index (χ0n) is 13.3. The van der Waals surface area contributed by atoms with Crippen LogP contribution in [0, 0.1) is 0 Å². The van der Waals surface area contributed by atoms with Gasteiger partial charge in [-0.2, -0.15) is 13.2 Å². The first kappa shape index (κ1) is 18.8. The molecule has 1 rings (SSSR count). The highest BCUT2D eigenvalue weighted by atomic mass is 19.4. The van der Waals surface area contributed by atoms with E-state index in [1.54, 1.807) is 29.2 Å². The van der Waals surface area contributed by atoms with Crippen molar-refractivity contribution in [1.29, 1.82) is 0 Å². The van der Waals surface area contributed by atoms with Crippen molar-refractivity contribution in [1.82, 2.24) is 9.80 Å². The van der Waals surface area contributed by atoms with Crippen molar-refractivity contribution in [2.45, 2.75) is 26.6 Å². The van der Waals surface area contributed by atoms with Crippen LogP contribution in [0.1, 0.15) is 19.4 Å². The van der Waals surface area contributed by atoms with E-state index in [1.807, 2.05) is 6.92 Å². The third kappa shape index (κ3) is 6.17. The van der Waals surface area contributed by atoms with Crippen LogP contribution < -0.4 is 5.32 Å². The molecule has 1 aromatic rings. The molecule has 5 nitrogen and oxygen atoms in total. The number of alkyl halides is 3. The first-order chi connectivity index (χ1) is 10.6. The Kier molecular flexibility index (Phi) is 6.41. The molecule has 8 heteroatoms. The highest BCUT2D eigenvalue weighted by Gasteiger charge is 2.31. The lowest BCUT2D eigenvalue weighted by Crippen LogP contribution is -2.38. The van der Waals surface area contributed by atoms with Crippen molar-refractivity contribution in [3.63, 3.8) is 0 Å². The Morgan fingerprint density at radius 2 is 1.83 bits per heavy atom. The maximum atomic E-state index is 12.3. The maximum absolute atomic E-state index is 12.3. The lowest BCUT2D eigenvalue weighted by Gasteiger charge is -2.23. The number of benzene rings is 1. The summed E-state index contributed by atoms with van der Waals surface area (Å²) in [5.41, 5.74) is 1.03. The van der Waals surface area contributed by atoms with E-state index in [2.05, 4.69) is 5.32 Å². The molecular formula is C15H20F3N3O2. The molecule has 0 aliphatic rings. The predicted octanol–water partition coefficient (Wildman–Crippen LogP) is 3.08. The molecule has 0 fully saturated rings. The van der Waals surface area contributed by atoms with Crippen LogP contribution in [0.25, 0.3) is 0 Å². The van der Waals surface area contributed by atoms with Gasteiger partial charge in [-0.25, -0.2) is 4.79 Å². The summed E-state index contributed by atoms with van der Waals surface area (Å²) < 4.78 is 37.0. The van der Waals surface area contributed by atoms with Crippen LogP contribution in [-0.2, 0) is 11.3 Å². The molecule has 3 amide bonds. The van der Waals surface area contributed by atoms with Crippen LogP contribution in [0.5, 0.6) is 0 Å². The topological polar surface area (TPSA) is 52.7 Å². The van der Waals surface area contributed by atoms with Gasteiger partial charge in [0.05, 0.1) is 0 Å². The minimum atomic E-state index is -4.46. The smallest absolute Gasteiger partial charge is 0.339 e. The Morgan fingerprint density at radius 3 is 2.35 bits per heavy atom. The predicted molar refractivity (Wildman–Crippen MR) is 80.9 cm³/mol. The lowest BCUT2D eigenvalue weighted by molar-refractivity contribution is -0.137. The molecule has 0 spiro atoms. The molecule has 0 aliphatic carbocycles. The minimum absolute atomic E-state index is 0.122. The quantitative estimate of drug-likeness (QED) is 0.901. The van der Waals surface area contributed by atoms with Gasteiger partial charge in [-0.05, 0) is 18.6 Å². The van der Waals surface area contributed by atoms with Crippen LogP contribution >= 0.6 is 0 Å². The van der Waals surface area contributed by atoms with E-state index < -0.39 is 18.8 Å². The fourth-order valence-electron chi connectivity index (χ4n) is 1.98. The molecule has 0 aromatic heterocycles. The van der Waals surface area contributed by atoms with E-state index in [1.165, 1.54) is 6.92 Å². The van der Waals surface area contributed by atoms with Gasteiger partial charge in [0.25, 0.3) is 0 Å². The molecule has 0 heterocycles. The third-order valence-electron chi connectivity index (χ3n) is 3.21. The molecule has 0 atom stereocenters. The lowest BCUT2D eigenvalue weighted by atomic mass is 10.1. The largest absolute Gasteiger partial charge is 0.406 e. The maximum Gasteiger partial charge on any atom is 0.406 e. The zero-order valence-corrected chi connectivity index (χ0v) is 13.3. The number of hydrogen-bond acceptors (Lipinski definition) is 2. The average Bonchev–Trinajstić information content (AvgIpc) is 2.44. The van der Waals surface area contributed by atoms with E-state index in [-0.39, 0.29) is 12.5 Å². The van der Waals surface area contributed by atoms with Crippen molar-refractivity contribution < 1.29 is 22.8 Å². The van der Waals surface area contributed by atoms with Gasteiger partial charge in [0.2, 0.25) is 5.91 Å². The highest BCUT2D eigenvalue weighted by Crippen LogP contribution is 2.19. The average molecular weight is 331 g/mol.